The quantitative estimate of drug-likeness (QED) is 0.905. The molecule has 1 aliphatic rings. The van der Waals surface area contributed by atoms with Crippen molar-refractivity contribution in [2.45, 2.75) is 19.0 Å². The fourth-order valence-electron chi connectivity index (χ4n) is 2.57. The Kier molecular flexibility index (Phi) is 4.58. The van der Waals surface area contributed by atoms with E-state index in [-0.39, 0.29) is 23.6 Å². The van der Waals surface area contributed by atoms with Gasteiger partial charge >= 0.3 is 6.03 Å². The number of rotatable bonds is 4. The molecular weight excluding hydrogens is 336 g/mol. The van der Waals surface area contributed by atoms with E-state index in [4.69, 9.17) is 0 Å². The third-order valence-corrected chi connectivity index (χ3v) is 6.03. The van der Waals surface area contributed by atoms with Crippen LogP contribution in [-0.4, -0.2) is 46.5 Å². The van der Waals surface area contributed by atoms with Crippen molar-refractivity contribution in [3.63, 3.8) is 0 Å². The summed E-state index contributed by atoms with van der Waals surface area (Å²) in [6.45, 7) is 0.360. The lowest BCUT2D eigenvalue weighted by atomic mass is 10.1. The Labute approximate surface area is 138 Å². The fraction of sp³-hybridized carbons (Fsp3) is 0.357. The summed E-state index contributed by atoms with van der Waals surface area (Å²) in [5, 5.41) is 6.95. The number of hydrogen-bond donors (Lipinski definition) is 1. The van der Waals surface area contributed by atoms with Crippen LogP contribution in [0.4, 0.5) is 9.80 Å². The molecule has 2 amide bonds. The molecular formula is C14H16N4O3S2. The van der Waals surface area contributed by atoms with Crippen molar-refractivity contribution < 1.29 is 13.2 Å². The normalized spacial score (nSPS) is 19.4. The van der Waals surface area contributed by atoms with E-state index in [0.717, 1.165) is 17.1 Å². The van der Waals surface area contributed by atoms with Crippen molar-refractivity contribution in [3.05, 3.63) is 42.1 Å². The highest BCUT2D eigenvalue weighted by Gasteiger charge is 2.34. The number of carbonyl (C=O) groups is 1. The predicted molar refractivity (Wildman–Crippen MR) is 88.0 cm³/mol. The van der Waals surface area contributed by atoms with Crippen LogP contribution in [0.3, 0.4) is 0 Å². The van der Waals surface area contributed by atoms with E-state index in [1.54, 1.807) is 4.90 Å². The van der Waals surface area contributed by atoms with Gasteiger partial charge in [0.25, 0.3) is 0 Å². The first-order valence-corrected chi connectivity index (χ1v) is 9.72. The van der Waals surface area contributed by atoms with Gasteiger partial charge in [0.2, 0.25) is 0 Å². The molecule has 1 aromatic carbocycles. The Hall–Kier alpha value is -2.00. The minimum absolute atomic E-state index is 0.00813. The second-order valence-corrected chi connectivity index (χ2v) is 8.40. The lowest BCUT2D eigenvalue weighted by Gasteiger charge is -2.28. The number of anilines is 1. The van der Waals surface area contributed by atoms with Crippen LogP contribution in [0.2, 0.25) is 0 Å². The Balaban J connectivity index is 1.79. The highest BCUT2D eigenvalue weighted by Crippen LogP contribution is 2.22. The Morgan fingerprint density at radius 2 is 2.13 bits per heavy atom. The Morgan fingerprint density at radius 3 is 2.74 bits per heavy atom. The zero-order valence-corrected chi connectivity index (χ0v) is 13.9. The predicted octanol–water partition coefficient (Wildman–Crippen LogP) is 1.76. The maximum Gasteiger partial charge on any atom is 0.323 e. The fourth-order valence-corrected chi connectivity index (χ4v) is 4.71. The van der Waals surface area contributed by atoms with Gasteiger partial charge in [-0.15, -0.1) is 5.10 Å². The maximum atomic E-state index is 12.6. The zero-order valence-electron chi connectivity index (χ0n) is 12.3. The highest BCUT2D eigenvalue weighted by atomic mass is 32.2. The van der Waals surface area contributed by atoms with Gasteiger partial charge in [-0.3, -0.25) is 5.32 Å². The van der Waals surface area contributed by atoms with Crippen molar-refractivity contribution in [1.82, 2.24) is 14.5 Å². The average molecular weight is 352 g/mol. The summed E-state index contributed by atoms with van der Waals surface area (Å²) in [6.07, 6.45) is 1.93. The maximum absolute atomic E-state index is 12.6. The molecule has 23 heavy (non-hydrogen) atoms. The molecule has 1 aliphatic heterocycles. The number of hydrogen-bond acceptors (Lipinski definition) is 6. The summed E-state index contributed by atoms with van der Waals surface area (Å²) in [5.41, 5.74) is 0.953. The van der Waals surface area contributed by atoms with Gasteiger partial charge in [0.05, 0.1) is 17.7 Å². The molecule has 2 aromatic rings. The van der Waals surface area contributed by atoms with Gasteiger partial charge in [-0.2, -0.15) is 0 Å². The standard InChI is InChI=1S/C14H16N4O3S2/c19-14(16-13-8-15-17-22-13)18(9-11-4-2-1-3-5-11)12-6-7-23(20,21)10-12/h1-5,8,12H,6-7,9-10H2,(H,16,19)/t12-/m0/s1. The summed E-state index contributed by atoms with van der Waals surface area (Å²) in [5.74, 6) is 0.131. The smallest absolute Gasteiger partial charge is 0.316 e. The average Bonchev–Trinajstić information content (AvgIpc) is 3.15. The zero-order chi connectivity index (χ0) is 16.3. The van der Waals surface area contributed by atoms with Gasteiger partial charge in [-0.1, -0.05) is 34.8 Å². The van der Waals surface area contributed by atoms with E-state index in [2.05, 4.69) is 14.9 Å². The number of aromatic nitrogens is 2. The molecule has 0 aliphatic carbocycles. The van der Waals surface area contributed by atoms with E-state index in [1.807, 2.05) is 30.3 Å². The first-order chi connectivity index (χ1) is 11.0. The molecule has 7 nitrogen and oxygen atoms in total. The van der Waals surface area contributed by atoms with Crippen molar-refractivity contribution in [2.75, 3.05) is 16.8 Å². The van der Waals surface area contributed by atoms with Gasteiger partial charge < -0.3 is 4.90 Å². The van der Waals surface area contributed by atoms with E-state index in [0.29, 0.717) is 18.0 Å². The third kappa shape index (κ3) is 4.05. The van der Waals surface area contributed by atoms with Crippen LogP contribution in [0.25, 0.3) is 0 Å². The second-order valence-electron chi connectivity index (χ2n) is 5.38. The number of benzene rings is 1. The molecule has 122 valence electrons. The highest BCUT2D eigenvalue weighted by molar-refractivity contribution is 7.91. The molecule has 0 unspecified atom stereocenters. The summed E-state index contributed by atoms with van der Waals surface area (Å²) in [4.78, 5) is 14.2. The van der Waals surface area contributed by atoms with Crippen LogP contribution in [-0.2, 0) is 16.4 Å². The van der Waals surface area contributed by atoms with Crippen LogP contribution >= 0.6 is 11.5 Å². The molecule has 1 fully saturated rings. The number of urea groups is 1. The van der Waals surface area contributed by atoms with Crippen molar-refractivity contribution >= 4 is 32.4 Å². The molecule has 0 radical (unpaired) electrons. The summed E-state index contributed by atoms with van der Waals surface area (Å²) >= 11 is 1.08. The van der Waals surface area contributed by atoms with Crippen molar-refractivity contribution in [3.8, 4) is 0 Å². The molecule has 9 heteroatoms. The lowest BCUT2D eigenvalue weighted by Crippen LogP contribution is -2.43. The van der Waals surface area contributed by atoms with Crippen LogP contribution < -0.4 is 5.32 Å². The van der Waals surface area contributed by atoms with Crippen LogP contribution in [0.15, 0.2) is 36.5 Å². The number of amides is 2. The molecule has 0 bridgehead atoms. The number of sulfone groups is 1. The van der Waals surface area contributed by atoms with Gasteiger partial charge in [-0.05, 0) is 12.0 Å². The minimum atomic E-state index is -3.07. The SMILES string of the molecule is O=C(Nc1cnns1)N(Cc1ccccc1)[C@H]1CCS(=O)(=O)C1. The molecule has 1 aromatic heterocycles. The first-order valence-electron chi connectivity index (χ1n) is 7.13. The molecule has 0 spiro atoms. The molecule has 3 rings (SSSR count). The summed E-state index contributed by atoms with van der Waals surface area (Å²) in [6, 6.07) is 8.86. The van der Waals surface area contributed by atoms with E-state index in [9.17, 15) is 13.2 Å². The van der Waals surface area contributed by atoms with Gasteiger partial charge in [0.1, 0.15) is 5.00 Å². The van der Waals surface area contributed by atoms with Crippen LogP contribution in [0.1, 0.15) is 12.0 Å². The second kappa shape index (κ2) is 6.63. The minimum Gasteiger partial charge on any atom is -0.316 e. The van der Waals surface area contributed by atoms with E-state index in [1.165, 1.54) is 6.20 Å². The first kappa shape index (κ1) is 15.9. The largest absolute Gasteiger partial charge is 0.323 e. The van der Waals surface area contributed by atoms with Crippen molar-refractivity contribution in [2.24, 2.45) is 0 Å². The van der Waals surface area contributed by atoms with Gasteiger partial charge in [0, 0.05) is 24.1 Å². The van der Waals surface area contributed by atoms with Crippen LogP contribution in [0.5, 0.6) is 0 Å². The summed E-state index contributed by atoms with van der Waals surface area (Å²) < 4.78 is 27.2. The third-order valence-electron chi connectivity index (χ3n) is 3.70. The van der Waals surface area contributed by atoms with Gasteiger partial charge in [0.15, 0.2) is 9.84 Å². The monoisotopic (exact) mass is 352 g/mol. The molecule has 1 saturated heterocycles. The summed E-state index contributed by atoms with van der Waals surface area (Å²) in [7, 11) is -3.07. The van der Waals surface area contributed by atoms with Crippen LogP contribution in [0, 0.1) is 0 Å². The van der Waals surface area contributed by atoms with E-state index < -0.39 is 9.84 Å². The van der Waals surface area contributed by atoms with Gasteiger partial charge in [-0.25, -0.2) is 13.2 Å². The number of carbonyl (C=O) groups excluding carboxylic acids is 1. The number of nitrogens with zero attached hydrogens (tertiary/aromatic N) is 3. The Morgan fingerprint density at radius 1 is 1.35 bits per heavy atom. The molecule has 2 heterocycles. The molecule has 0 saturated carbocycles. The molecule has 1 atom stereocenters. The van der Waals surface area contributed by atoms with E-state index >= 15 is 0 Å². The molecule has 1 N–H and O–H groups in total. The topological polar surface area (TPSA) is 92.3 Å². The lowest BCUT2D eigenvalue weighted by molar-refractivity contribution is 0.190. The van der Waals surface area contributed by atoms with Crippen molar-refractivity contribution in [1.29, 1.82) is 0 Å². The Bertz CT molecular complexity index is 763. The number of nitrogens with one attached hydrogen (secondary N) is 1.